The number of carbonyl (C=O) groups excluding carboxylic acids is 1. The zero-order valence-corrected chi connectivity index (χ0v) is 15.3. The van der Waals surface area contributed by atoms with Gasteiger partial charge in [0.05, 0.1) is 29.4 Å². The van der Waals surface area contributed by atoms with Gasteiger partial charge in [0.1, 0.15) is 5.82 Å². The van der Waals surface area contributed by atoms with Gasteiger partial charge in [-0.1, -0.05) is 6.07 Å². The van der Waals surface area contributed by atoms with Crippen molar-refractivity contribution in [2.45, 2.75) is 31.2 Å². The molecule has 1 N–H and O–H groups in total. The number of halogens is 7. The Morgan fingerprint density at radius 3 is 2.40 bits per heavy atom. The molecule has 0 saturated carbocycles. The summed E-state index contributed by atoms with van der Waals surface area (Å²) in [5, 5.41) is 2.63. The normalized spacial score (nSPS) is 17.3. The van der Waals surface area contributed by atoms with E-state index in [9.17, 15) is 35.5 Å². The zero-order valence-electron chi connectivity index (χ0n) is 15.3. The Kier molecular flexibility index (Phi) is 5.91. The third-order valence-corrected chi connectivity index (χ3v) is 4.70. The summed E-state index contributed by atoms with van der Waals surface area (Å²) in [6, 6.07) is 2.51. The van der Waals surface area contributed by atoms with Crippen LogP contribution in [0.15, 0.2) is 36.7 Å². The molecular formula is C19H16F7N3O. The number of anilines is 1. The number of amides is 1. The van der Waals surface area contributed by atoms with E-state index in [0.717, 1.165) is 18.3 Å². The van der Waals surface area contributed by atoms with Crippen LogP contribution in [-0.2, 0) is 23.6 Å². The summed E-state index contributed by atoms with van der Waals surface area (Å²) in [6.07, 6.45) is -7.22. The van der Waals surface area contributed by atoms with Crippen molar-refractivity contribution in [3.63, 3.8) is 0 Å². The number of hydrogen-bond donors (Lipinski definition) is 1. The highest BCUT2D eigenvalue weighted by Gasteiger charge is 2.33. The predicted octanol–water partition coefficient (Wildman–Crippen LogP) is 4.20. The maximum Gasteiger partial charge on any atom is 0.417 e. The maximum atomic E-state index is 13.9. The molecule has 0 radical (unpaired) electrons. The lowest BCUT2D eigenvalue weighted by Crippen LogP contribution is -2.38. The molecule has 2 aromatic rings. The molecule has 0 aliphatic carbocycles. The van der Waals surface area contributed by atoms with Gasteiger partial charge in [-0.15, -0.1) is 0 Å². The topological polar surface area (TPSA) is 45.2 Å². The SMILES string of the molecule is O=C(Cc1ccc(C(F)(F)F)cc1F)N[C@@H]1CCN(c2cncc(C(F)(F)F)c2)C1. The van der Waals surface area contributed by atoms with Gasteiger partial charge in [-0.2, -0.15) is 26.3 Å². The summed E-state index contributed by atoms with van der Waals surface area (Å²) in [4.78, 5) is 17.4. The highest BCUT2D eigenvalue weighted by atomic mass is 19.4. The molecule has 4 nitrogen and oxygen atoms in total. The van der Waals surface area contributed by atoms with Crippen molar-refractivity contribution in [2.75, 3.05) is 18.0 Å². The minimum Gasteiger partial charge on any atom is -0.368 e. The van der Waals surface area contributed by atoms with Crippen LogP contribution < -0.4 is 10.2 Å². The van der Waals surface area contributed by atoms with Gasteiger partial charge < -0.3 is 10.2 Å². The number of carbonyl (C=O) groups is 1. The second-order valence-electron chi connectivity index (χ2n) is 6.91. The number of pyridine rings is 1. The smallest absolute Gasteiger partial charge is 0.368 e. The second-order valence-corrected chi connectivity index (χ2v) is 6.91. The maximum absolute atomic E-state index is 13.9. The Morgan fingerprint density at radius 1 is 1.07 bits per heavy atom. The standard InChI is InChI=1S/C19H16F7N3O/c20-16-7-12(18(21,22)23)2-1-11(16)5-17(30)28-14-3-4-29(10-14)15-6-13(8-27-9-15)19(24,25)26/h1-2,6-9,14H,3-5,10H2,(H,28,30)/t14-/m1/s1. The van der Waals surface area contributed by atoms with Crippen molar-refractivity contribution in [3.8, 4) is 0 Å². The van der Waals surface area contributed by atoms with E-state index in [1.807, 2.05) is 0 Å². The van der Waals surface area contributed by atoms with Gasteiger partial charge in [0.2, 0.25) is 5.91 Å². The fraction of sp³-hybridized carbons (Fsp3) is 0.368. The molecule has 1 aromatic heterocycles. The van der Waals surface area contributed by atoms with Crippen LogP contribution in [0.4, 0.5) is 36.4 Å². The molecule has 1 amide bonds. The second kappa shape index (κ2) is 8.11. The summed E-state index contributed by atoms with van der Waals surface area (Å²) >= 11 is 0. The molecule has 3 rings (SSSR count). The minimum absolute atomic E-state index is 0.183. The van der Waals surface area contributed by atoms with Crippen molar-refractivity contribution < 1.29 is 35.5 Å². The number of nitrogens with one attached hydrogen (secondary N) is 1. The first-order chi connectivity index (χ1) is 13.9. The van der Waals surface area contributed by atoms with Crippen LogP contribution >= 0.6 is 0 Å². The average Bonchev–Trinajstić information content (AvgIpc) is 3.10. The number of nitrogens with zero attached hydrogens (tertiary/aromatic N) is 2. The van der Waals surface area contributed by atoms with E-state index in [2.05, 4.69) is 10.3 Å². The van der Waals surface area contributed by atoms with Gasteiger partial charge in [-0.25, -0.2) is 4.39 Å². The quantitative estimate of drug-likeness (QED) is 0.733. The van der Waals surface area contributed by atoms with Gasteiger partial charge in [0.25, 0.3) is 0 Å². The molecule has 0 unspecified atom stereocenters. The first-order valence-electron chi connectivity index (χ1n) is 8.85. The summed E-state index contributed by atoms with van der Waals surface area (Å²) in [6.45, 7) is 0.604. The van der Waals surface area contributed by atoms with Gasteiger partial charge in [0, 0.05) is 25.3 Å². The number of hydrogen-bond acceptors (Lipinski definition) is 3. The zero-order chi connectivity index (χ0) is 22.1. The van der Waals surface area contributed by atoms with Gasteiger partial charge in [-0.05, 0) is 30.2 Å². The van der Waals surface area contributed by atoms with Gasteiger partial charge >= 0.3 is 12.4 Å². The monoisotopic (exact) mass is 435 g/mol. The van der Waals surface area contributed by atoms with Crippen molar-refractivity contribution in [1.29, 1.82) is 0 Å². The summed E-state index contributed by atoms with van der Waals surface area (Å²) in [7, 11) is 0. The number of rotatable bonds is 4. The van der Waals surface area contributed by atoms with Crippen molar-refractivity contribution >= 4 is 11.6 Å². The van der Waals surface area contributed by atoms with Crippen LogP contribution in [0.1, 0.15) is 23.1 Å². The van der Waals surface area contributed by atoms with Crippen molar-refractivity contribution in [1.82, 2.24) is 10.3 Å². The lowest BCUT2D eigenvalue weighted by Gasteiger charge is -2.20. The molecule has 1 aliphatic rings. The summed E-state index contributed by atoms with van der Waals surface area (Å²) in [5.74, 6) is -1.73. The van der Waals surface area contributed by atoms with Gasteiger partial charge in [0.15, 0.2) is 0 Å². The first-order valence-corrected chi connectivity index (χ1v) is 8.85. The Balaban J connectivity index is 1.59. The molecule has 0 bridgehead atoms. The Bertz CT molecular complexity index is 927. The fourth-order valence-electron chi connectivity index (χ4n) is 3.19. The first kappa shape index (κ1) is 21.8. The lowest BCUT2D eigenvalue weighted by atomic mass is 10.1. The highest BCUT2D eigenvalue weighted by Crippen LogP contribution is 2.32. The van der Waals surface area contributed by atoms with Crippen LogP contribution in [0.5, 0.6) is 0 Å². The fourth-order valence-corrected chi connectivity index (χ4v) is 3.19. The molecule has 1 saturated heterocycles. The molecule has 1 aromatic carbocycles. The Hall–Kier alpha value is -2.85. The molecular weight excluding hydrogens is 419 g/mol. The van der Waals surface area contributed by atoms with Crippen molar-refractivity contribution in [3.05, 3.63) is 59.2 Å². The van der Waals surface area contributed by atoms with Crippen LogP contribution in [0.3, 0.4) is 0 Å². The molecule has 11 heteroatoms. The van der Waals surface area contributed by atoms with Crippen LogP contribution in [0.2, 0.25) is 0 Å². The van der Waals surface area contributed by atoms with Crippen LogP contribution in [-0.4, -0.2) is 30.0 Å². The van der Waals surface area contributed by atoms with E-state index in [0.29, 0.717) is 25.1 Å². The van der Waals surface area contributed by atoms with E-state index < -0.39 is 47.7 Å². The molecule has 2 heterocycles. The largest absolute Gasteiger partial charge is 0.417 e. The van der Waals surface area contributed by atoms with Crippen LogP contribution in [0, 0.1) is 5.82 Å². The number of aromatic nitrogens is 1. The van der Waals surface area contributed by atoms with E-state index in [-0.39, 0.29) is 17.8 Å². The van der Waals surface area contributed by atoms with E-state index in [4.69, 9.17) is 0 Å². The molecule has 0 spiro atoms. The Morgan fingerprint density at radius 2 is 1.77 bits per heavy atom. The summed E-state index contributed by atoms with van der Waals surface area (Å²) < 4.78 is 90.1. The average molecular weight is 435 g/mol. The molecule has 1 aliphatic heterocycles. The van der Waals surface area contributed by atoms with E-state index >= 15 is 0 Å². The highest BCUT2D eigenvalue weighted by molar-refractivity contribution is 5.79. The van der Waals surface area contributed by atoms with E-state index in [1.54, 1.807) is 4.90 Å². The summed E-state index contributed by atoms with van der Waals surface area (Å²) in [5.41, 5.74) is -1.96. The molecule has 1 fully saturated rings. The molecule has 30 heavy (non-hydrogen) atoms. The van der Waals surface area contributed by atoms with Crippen molar-refractivity contribution in [2.24, 2.45) is 0 Å². The predicted molar refractivity (Wildman–Crippen MR) is 93.1 cm³/mol. The Labute approximate surface area is 166 Å². The lowest BCUT2D eigenvalue weighted by molar-refractivity contribution is -0.138. The van der Waals surface area contributed by atoms with Crippen LogP contribution in [0.25, 0.3) is 0 Å². The number of alkyl halides is 6. The van der Waals surface area contributed by atoms with E-state index in [1.165, 1.54) is 6.20 Å². The minimum atomic E-state index is -4.69. The third kappa shape index (κ3) is 5.19. The van der Waals surface area contributed by atoms with Gasteiger partial charge in [-0.3, -0.25) is 9.78 Å². The molecule has 1 atom stereocenters. The third-order valence-electron chi connectivity index (χ3n) is 4.70. The molecule has 162 valence electrons. The number of benzene rings is 1.